The Labute approximate surface area is 165 Å². The number of ether oxygens (including phenoxy) is 1. The number of hydrogen-bond donors (Lipinski definition) is 0. The molecule has 28 heavy (non-hydrogen) atoms. The van der Waals surface area contributed by atoms with Gasteiger partial charge >= 0.3 is 5.97 Å². The number of carbonyl (C=O) groups is 1. The van der Waals surface area contributed by atoms with Gasteiger partial charge in [0.15, 0.2) is 0 Å². The van der Waals surface area contributed by atoms with Crippen LogP contribution in [-0.4, -0.2) is 61.9 Å². The molecule has 8 nitrogen and oxygen atoms in total. The van der Waals surface area contributed by atoms with E-state index < -0.39 is 16.0 Å². The fourth-order valence-corrected chi connectivity index (χ4v) is 4.53. The minimum atomic E-state index is -3.64. The Hall–Kier alpha value is -2.52. The number of aromatic nitrogens is 2. The van der Waals surface area contributed by atoms with Gasteiger partial charge in [-0.1, -0.05) is 6.07 Å². The molecule has 0 radical (unpaired) electrons. The zero-order valence-corrected chi connectivity index (χ0v) is 17.1. The van der Waals surface area contributed by atoms with Crippen molar-refractivity contribution in [3.63, 3.8) is 0 Å². The van der Waals surface area contributed by atoms with Gasteiger partial charge in [-0.3, -0.25) is 4.79 Å². The standard InChI is InChI=1S/C19H24N4O4S/c1-14-12-20-19(21-13-14)22-6-8-23(9-7-22)28(25,26)17-5-4-15(2)16(10-17)11-18(24)27-3/h4-5,10,12-13H,6-9,11H2,1-3H3. The molecule has 0 N–H and O–H groups in total. The molecule has 1 aromatic carbocycles. The van der Waals surface area contributed by atoms with Crippen LogP contribution in [0.25, 0.3) is 0 Å². The third-order valence-corrected chi connectivity index (χ3v) is 6.70. The lowest BCUT2D eigenvalue weighted by Gasteiger charge is -2.34. The zero-order valence-electron chi connectivity index (χ0n) is 16.3. The summed E-state index contributed by atoms with van der Waals surface area (Å²) >= 11 is 0. The number of piperazine rings is 1. The fourth-order valence-electron chi connectivity index (χ4n) is 3.05. The number of methoxy groups -OCH3 is 1. The van der Waals surface area contributed by atoms with Crippen molar-refractivity contribution < 1.29 is 17.9 Å². The molecule has 9 heteroatoms. The summed E-state index contributed by atoms with van der Waals surface area (Å²) in [5, 5.41) is 0. The van der Waals surface area contributed by atoms with Crippen molar-refractivity contribution in [1.29, 1.82) is 0 Å². The predicted molar refractivity (Wildman–Crippen MR) is 105 cm³/mol. The number of nitrogens with zero attached hydrogens (tertiary/aromatic N) is 4. The average molecular weight is 404 g/mol. The van der Waals surface area contributed by atoms with E-state index >= 15 is 0 Å². The van der Waals surface area contributed by atoms with Crippen LogP contribution < -0.4 is 4.90 Å². The van der Waals surface area contributed by atoms with E-state index in [4.69, 9.17) is 4.74 Å². The van der Waals surface area contributed by atoms with Crippen molar-refractivity contribution in [2.45, 2.75) is 25.2 Å². The van der Waals surface area contributed by atoms with Crippen LogP contribution in [0.4, 0.5) is 5.95 Å². The number of aryl methyl sites for hydroxylation is 2. The van der Waals surface area contributed by atoms with E-state index in [0.29, 0.717) is 37.7 Å². The highest BCUT2D eigenvalue weighted by atomic mass is 32.2. The Morgan fingerprint density at radius 1 is 1.11 bits per heavy atom. The van der Waals surface area contributed by atoms with Crippen LogP contribution in [0.15, 0.2) is 35.5 Å². The number of carbonyl (C=O) groups excluding carboxylic acids is 1. The second-order valence-electron chi connectivity index (χ2n) is 6.79. The fraction of sp³-hybridized carbons (Fsp3) is 0.421. The number of rotatable bonds is 5. The van der Waals surface area contributed by atoms with Gasteiger partial charge in [0.25, 0.3) is 0 Å². The molecular formula is C19H24N4O4S. The first-order chi connectivity index (χ1) is 13.3. The first-order valence-electron chi connectivity index (χ1n) is 9.01. The van der Waals surface area contributed by atoms with Crippen LogP contribution in [0.5, 0.6) is 0 Å². The van der Waals surface area contributed by atoms with Gasteiger partial charge in [0.05, 0.1) is 18.4 Å². The number of sulfonamides is 1. The molecule has 0 bridgehead atoms. The molecular weight excluding hydrogens is 380 g/mol. The lowest BCUT2D eigenvalue weighted by atomic mass is 10.1. The van der Waals surface area contributed by atoms with Gasteiger partial charge in [-0.2, -0.15) is 4.31 Å². The lowest BCUT2D eigenvalue weighted by molar-refractivity contribution is -0.139. The first-order valence-corrected chi connectivity index (χ1v) is 10.5. The SMILES string of the molecule is COC(=O)Cc1cc(S(=O)(=O)N2CCN(c3ncc(C)cn3)CC2)ccc1C. The van der Waals surface area contributed by atoms with Gasteiger partial charge in [-0.25, -0.2) is 18.4 Å². The molecule has 0 spiro atoms. The predicted octanol–water partition coefficient (Wildman–Crippen LogP) is 1.32. The molecule has 1 fully saturated rings. The van der Waals surface area contributed by atoms with Gasteiger partial charge in [-0.15, -0.1) is 0 Å². The summed E-state index contributed by atoms with van der Waals surface area (Å²) in [5.41, 5.74) is 2.48. The van der Waals surface area contributed by atoms with Crippen molar-refractivity contribution in [2.24, 2.45) is 0 Å². The third kappa shape index (κ3) is 4.31. The quantitative estimate of drug-likeness (QED) is 0.694. The summed E-state index contributed by atoms with van der Waals surface area (Å²) in [4.78, 5) is 22.4. The van der Waals surface area contributed by atoms with Crippen molar-refractivity contribution in [2.75, 3.05) is 38.2 Å². The summed E-state index contributed by atoms with van der Waals surface area (Å²) < 4.78 is 32.3. The number of anilines is 1. The van der Waals surface area contributed by atoms with Crippen LogP contribution in [0.1, 0.15) is 16.7 Å². The van der Waals surface area contributed by atoms with Crippen molar-refractivity contribution >= 4 is 21.9 Å². The molecule has 1 aliphatic rings. The maximum absolute atomic E-state index is 13.1. The molecule has 1 saturated heterocycles. The summed E-state index contributed by atoms with van der Waals surface area (Å²) in [6.45, 7) is 5.49. The first kappa shape index (κ1) is 20.2. The van der Waals surface area contributed by atoms with Gasteiger partial charge in [0, 0.05) is 38.6 Å². The van der Waals surface area contributed by atoms with Crippen LogP contribution >= 0.6 is 0 Å². The largest absolute Gasteiger partial charge is 0.469 e. The second kappa shape index (κ2) is 8.24. The summed E-state index contributed by atoms with van der Waals surface area (Å²) in [6.07, 6.45) is 3.55. The van der Waals surface area contributed by atoms with Gasteiger partial charge in [0.2, 0.25) is 16.0 Å². The maximum atomic E-state index is 13.1. The highest BCUT2D eigenvalue weighted by molar-refractivity contribution is 7.89. The van der Waals surface area contributed by atoms with Gasteiger partial charge in [0.1, 0.15) is 0 Å². The monoisotopic (exact) mass is 404 g/mol. The van der Waals surface area contributed by atoms with Crippen LogP contribution in [-0.2, 0) is 26.0 Å². The lowest BCUT2D eigenvalue weighted by Crippen LogP contribution is -2.49. The molecule has 0 atom stereocenters. The van der Waals surface area contributed by atoms with E-state index in [-0.39, 0.29) is 11.3 Å². The molecule has 0 unspecified atom stereocenters. The second-order valence-corrected chi connectivity index (χ2v) is 8.73. The molecule has 150 valence electrons. The zero-order chi connectivity index (χ0) is 20.3. The van der Waals surface area contributed by atoms with Crippen molar-refractivity contribution in [3.8, 4) is 0 Å². The molecule has 1 aromatic heterocycles. The molecule has 3 rings (SSSR count). The van der Waals surface area contributed by atoms with Crippen molar-refractivity contribution in [3.05, 3.63) is 47.3 Å². The van der Waals surface area contributed by atoms with Crippen LogP contribution in [0.2, 0.25) is 0 Å². The summed E-state index contributed by atoms with van der Waals surface area (Å²) in [7, 11) is -2.33. The van der Waals surface area contributed by atoms with E-state index in [0.717, 1.165) is 11.1 Å². The number of esters is 1. The Bertz CT molecular complexity index is 952. The van der Waals surface area contributed by atoms with Crippen LogP contribution in [0.3, 0.4) is 0 Å². The van der Waals surface area contributed by atoms with Crippen molar-refractivity contribution in [1.82, 2.24) is 14.3 Å². The molecule has 0 amide bonds. The van der Waals surface area contributed by atoms with Gasteiger partial charge < -0.3 is 9.64 Å². The third-order valence-electron chi connectivity index (χ3n) is 4.81. The van der Waals surface area contributed by atoms with Crippen LogP contribution in [0, 0.1) is 13.8 Å². The normalized spacial score (nSPS) is 15.5. The smallest absolute Gasteiger partial charge is 0.309 e. The minimum Gasteiger partial charge on any atom is -0.469 e. The van der Waals surface area contributed by atoms with E-state index in [2.05, 4.69) is 9.97 Å². The minimum absolute atomic E-state index is 0.0459. The Kier molecular flexibility index (Phi) is 5.95. The Morgan fingerprint density at radius 3 is 2.36 bits per heavy atom. The average Bonchev–Trinajstić information content (AvgIpc) is 2.70. The molecule has 2 heterocycles. The highest BCUT2D eigenvalue weighted by Crippen LogP contribution is 2.22. The topological polar surface area (TPSA) is 92.7 Å². The number of benzene rings is 1. The Morgan fingerprint density at radius 2 is 1.75 bits per heavy atom. The Balaban J connectivity index is 1.74. The summed E-state index contributed by atoms with van der Waals surface area (Å²) in [6, 6.07) is 4.87. The maximum Gasteiger partial charge on any atom is 0.309 e. The van der Waals surface area contributed by atoms with E-state index in [1.165, 1.54) is 11.4 Å². The highest BCUT2D eigenvalue weighted by Gasteiger charge is 2.29. The number of hydrogen-bond acceptors (Lipinski definition) is 7. The van der Waals surface area contributed by atoms with E-state index in [9.17, 15) is 13.2 Å². The van der Waals surface area contributed by atoms with E-state index in [1.54, 1.807) is 30.6 Å². The molecule has 2 aromatic rings. The summed E-state index contributed by atoms with van der Waals surface area (Å²) in [5.74, 6) is 0.211. The molecule has 0 aliphatic carbocycles. The molecule has 0 saturated carbocycles. The van der Waals surface area contributed by atoms with Gasteiger partial charge in [-0.05, 0) is 42.7 Å². The molecule has 1 aliphatic heterocycles. The van der Waals surface area contributed by atoms with E-state index in [1.807, 2.05) is 18.7 Å².